The maximum atomic E-state index is 12.9. The minimum atomic E-state index is -3.78. The maximum absolute atomic E-state index is 12.9. The molecule has 7 nitrogen and oxygen atoms in total. The van der Waals surface area contributed by atoms with Crippen LogP contribution in [0.25, 0.3) is 0 Å². The highest BCUT2D eigenvalue weighted by atomic mass is 35.5. The molecule has 0 amide bonds. The molecule has 1 N–H and O–H groups in total. The van der Waals surface area contributed by atoms with Crippen molar-refractivity contribution in [1.29, 1.82) is 0 Å². The van der Waals surface area contributed by atoms with Crippen molar-refractivity contribution in [1.82, 2.24) is 9.62 Å². The van der Waals surface area contributed by atoms with Gasteiger partial charge in [-0.3, -0.25) is 10.1 Å². The van der Waals surface area contributed by atoms with Gasteiger partial charge in [-0.15, -0.1) is 0 Å². The van der Waals surface area contributed by atoms with Crippen molar-refractivity contribution in [3.63, 3.8) is 0 Å². The van der Waals surface area contributed by atoms with Crippen LogP contribution in [0.2, 0.25) is 5.02 Å². The van der Waals surface area contributed by atoms with E-state index in [0.717, 1.165) is 25.1 Å². The molecule has 1 fully saturated rings. The van der Waals surface area contributed by atoms with Crippen molar-refractivity contribution < 1.29 is 13.3 Å². The zero-order valence-corrected chi connectivity index (χ0v) is 13.7. The molecule has 0 spiro atoms. The Bertz CT molecular complexity index is 659. The van der Waals surface area contributed by atoms with Crippen molar-refractivity contribution in [2.45, 2.75) is 30.7 Å². The summed E-state index contributed by atoms with van der Waals surface area (Å²) in [5.41, 5.74) is -0.228. The molecular formula is C13H18ClN3O4S. The summed E-state index contributed by atoms with van der Waals surface area (Å²) in [6.07, 6.45) is 1.42. The van der Waals surface area contributed by atoms with Crippen LogP contribution in [-0.2, 0) is 10.0 Å². The van der Waals surface area contributed by atoms with E-state index in [4.69, 9.17) is 11.6 Å². The molecule has 1 atom stereocenters. The van der Waals surface area contributed by atoms with Crippen LogP contribution in [0.4, 0.5) is 5.69 Å². The Balaban J connectivity index is 2.40. The number of nitrogens with one attached hydrogen (secondary N) is 1. The first kappa shape index (κ1) is 17.1. The molecular weight excluding hydrogens is 330 g/mol. The molecule has 122 valence electrons. The van der Waals surface area contributed by atoms with E-state index in [1.165, 1.54) is 10.4 Å². The summed E-state index contributed by atoms with van der Waals surface area (Å²) in [7, 11) is -3.78. The number of hydrogen-bond donors (Lipinski definition) is 1. The number of nitro groups is 1. The number of non-ortho nitro benzene ring substituents is 1. The van der Waals surface area contributed by atoms with E-state index in [9.17, 15) is 18.5 Å². The number of sulfonamides is 1. The molecule has 1 aliphatic heterocycles. The van der Waals surface area contributed by atoms with E-state index < -0.39 is 14.9 Å². The number of nitro benzene ring substituents is 1. The molecule has 1 aromatic carbocycles. The predicted octanol–water partition coefficient (Wildman–Crippen LogP) is 2.01. The zero-order valence-electron chi connectivity index (χ0n) is 12.2. The molecule has 0 saturated carbocycles. The third-order valence-corrected chi connectivity index (χ3v) is 6.03. The molecule has 9 heteroatoms. The Morgan fingerprint density at radius 3 is 2.73 bits per heavy atom. The summed E-state index contributed by atoms with van der Waals surface area (Å²) in [5.74, 6) is 0. The zero-order chi connectivity index (χ0) is 16.3. The quantitative estimate of drug-likeness (QED) is 0.627. The van der Waals surface area contributed by atoms with Gasteiger partial charge in [0, 0.05) is 31.3 Å². The van der Waals surface area contributed by atoms with Crippen molar-refractivity contribution in [2.24, 2.45) is 0 Å². The standard InChI is InChI=1S/C13H18ClN3O4S/c1-2-7-16(11-5-6-15-9-11)22(20,21)13-4-3-10(17(18)19)8-12(13)14/h3-4,8,11,15H,2,5-7,9H2,1H3. The van der Waals surface area contributed by atoms with Gasteiger partial charge in [0.1, 0.15) is 4.90 Å². The van der Waals surface area contributed by atoms with Crippen LogP contribution in [0.5, 0.6) is 0 Å². The highest BCUT2D eigenvalue weighted by molar-refractivity contribution is 7.89. The van der Waals surface area contributed by atoms with E-state index >= 15 is 0 Å². The number of benzene rings is 1. The average molecular weight is 348 g/mol. The summed E-state index contributed by atoms with van der Waals surface area (Å²) in [6.45, 7) is 3.67. The van der Waals surface area contributed by atoms with Gasteiger partial charge in [0.05, 0.1) is 9.95 Å². The van der Waals surface area contributed by atoms with Gasteiger partial charge in [0.15, 0.2) is 0 Å². The lowest BCUT2D eigenvalue weighted by atomic mass is 10.2. The van der Waals surface area contributed by atoms with Crippen molar-refractivity contribution in [3.05, 3.63) is 33.3 Å². The molecule has 0 bridgehead atoms. The highest BCUT2D eigenvalue weighted by Gasteiger charge is 2.34. The van der Waals surface area contributed by atoms with Crippen LogP contribution in [0.15, 0.2) is 23.1 Å². The van der Waals surface area contributed by atoms with Crippen LogP contribution >= 0.6 is 11.6 Å². The van der Waals surface area contributed by atoms with Gasteiger partial charge in [0.2, 0.25) is 10.0 Å². The van der Waals surface area contributed by atoms with E-state index in [-0.39, 0.29) is 21.6 Å². The molecule has 1 aromatic rings. The number of halogens is 1. The molecule has 22 heavy (non-hydrogen) atoms. The van der Waals surface area contributed by atoms with Gasteiger partial charge in [-0.25, -0.2) is 8.42 Å². The summed E-state index contributed by atoms with van der Waals surface area (Å²) in [6, 6.07) is 3.33. The largest absolute Gasteiger partial charge is 0.315 e. The van der Waals surface area contributed by atoms with Crippen LogP contribution in [0.3, 0.4) is 0 Å². The number of rotatable bonds is 6. The number of nitrogens with zero attached hydrogens (tertiary/aromatic N) is 2. The van der Waals surface area contributed by atoms with Crippen LogP contribution in [0.1, 0.15) is 19.8 Å². The molecule has 2 rings (SSSR count). The van der Waals surface area contributed by atoms with E-state index in [1.54, 1.807) is 0 Å². The molecule has 0 aliphatic carbocycles. The van der Waals surface area contributed by atoms with E-state index in [1.807, 2.05) is 6.92 Å². The van der Waals surface area contributed by atoms with Crippen LogP contribution in [-0.4, -0.2) is 43.3 Å². The fourth-order valence-electron chi connectivity index (χ4n) is 2.54. The second kappa shape index (κ2) is 6.91. The minimum absolute atomic E-state index is 0.0832. The SMILES string of the molecule is CCCN(C1CCNC1)S(=O)(=O)c1ccc([N+](=O)[O-])cc1Cl. The van der Waals surface area contributed by atoms with Crippen molar-refractivity contribution in [2.75, 3.05) is 19.6 Å². The van der Waals surface area contributed by atoms with Crippen LogP contribution < -0.4 is 5.32 Å². The van der Waals surface area contributed by atoms with E-state index in [2.05, 4.69) is 5.32 Å². The summed E-state index contributed by atoms with van der Waals surface area (Å²) < 4.78 is 27.2. The van der Waals surface area contributed by atoms with Crippen LogP contribution in [0, 0.1) is 10.1 Å². The Labute approximate surface area is 134 Å². The second-order valence-electron chi connectivity index (χ2n) is 5.13. The van der Waals surface area contributed by atoms with E-state index in [0.29, 0.717) is 19.5 Å². The van der Waals surface area contributed by atoms with Gasteiger partial charge in [-0.1, -0.05) is 18.5 Å². The first-order valence-electron chi connectivity index (χ1n) is 7.04. The summed E-state index contributed by atoms with van der Waals surface area (Å²) in [4.78, 5) is 10.1. The maximum Gasteiger partial charge on any atom is 0.271 e. The lowest BCUT2D eigenvalue weighted by Gasteiger charge is -2.27. The second-order valence-corrected chi connectivity index (χ2v) is 7.40. The fraction of sp³-hybridized carbons (Fsp3) is 0.538. The predicted molar refractivity (Wildman–Crippen MR) is 83.6 cm³/mol. The molecule has 1 saturated heterocycles. The number of hydrogen-bond acceptors (Lipinski definition) is 5. The first-order chi connectivity index (χ1) is 10.4. The Kier molecular flexibility index (Phi) is 5.38. The Hall–Kier alpha value is -1.22. The summed E-state index contributed by atoms with van der Waals surface area (Å²) >= 11 is 5.98. The van der Waals surface area contributed by atoms with Gasteiger partial charge in [-0.2, -0.15) is 4.31 Å². The highest BCUT2D eigenvalue weighted by Crippen LogP contribution is 2.30. The van der Waals surface area contributed by atoms with Crippen molar-refractivity contribution >= 4 is 27.3 Å². The normalized spacial score (nSPS) is 18.8. The lowest BCUT2D eigenvalue weighted by Crippen LogP contribution is -2.42. The first-order valence-corrected chi connectivity index (χ1v) is 8.86. The molecule has 0 aromatic heterocycles. The van der Waals surface area contributed by atoms with Gasteiger partial charge in [-0.05, 0) is 25.5 Å². The van der Waals surface area contributed by atoms with Crippen molar-refractivity contribution in [3.8, 4) is 0 Å². The third-order valence-electron chi connectivity index (χ3n) is 3.60. The topological polar surface area (TPSA) is 92.6 Å². The molecule has 0 radical (unpaired) electrons. The lowest BCUT2D eigenvalue weighted by molar-refractivity contribution is -0.384. The fourth-order valence-corrected chi connectivity index (χ4v) is 4.80. The molecule has 1 aliphatic rings. The Morgan fingerprint density at radius 1 is 1.50 bits per heavy atom. The average Bonchev–Trinajstić information content (AvgIpc) is 2.97. The van der Waals surface area contributed by atoms with Gasteiger partial charge in [0.25, 0.3) is 5.69 Å². The van der Waals surface area contributed by atoms with Gasteiger partial charge < -0.3 is 5.32 Å². The minimum Gasteiger partial charge on any atom is -0.315 e. The third kappa shape index (κ3) is 3.40. The molecule has 1 heterocycles. The monoisotopic (exact) mass is 347 g/mol. The smallest absolute Gasteiger partial charge is 0.271 e. The van der Waals surface area contributed by atoms with Gasteiger partial charge >= 0.3 is 0 Å². The Morgan fingerprint density at radius 2 is 2.23 bits per heavy atom. The molecule has 1 unspecified atom stereocenters. The summed E-state index contributed by atoms with van der Waals surface area (Å²) in [5, 5.41) is 13.8.